The van der Waals surface area contributed by atoms with Crippen molar-refractivity contribution < 1.29 is 5.11 Å². The van der Waals surface area contributed by atoms with Crippen LogP contribution in [0.4, 0.5) is 0 Å². The Bertz CT molecular complexity index is 427. The lowest BCUT2D eigenvalue weighted by molar-refractivity contribution is 0.112. The van der Waals surface area contributed by atoms with Gasteiger partial charge in [0.2, 0.25) is 0 Å². The lowest BCUT2D eigenvalue weighted by Gasteiger charge is -2.35. The van der Waals surface area contributed by atoms with E-state index in [9.17, 15) is 5.11 Å². The summed E-state index contributed by atoms with van der Waals surface area (Å²) in [7, 11) is 0. The average Bonchev–Trinajstić information content (AvgIpc) is 2.75. The second-order valence-corrected chi connectivity index (χ2v) is 10.6. The van der Waals surface area contributed by atoms with E-state index in [2.05, 4.69) is 13.0 Å². The minimum absolute atomic E-state index is 0.0106. The van der Waals surface area contributed by atoms with E-state index in [1.165, 1.54) is 109 Å². The summed E-state index contributed by atoms with van der Waals surface area (Å²) in [6.45, 7) is 2.36. The van der Waals surface area contributed by atoms with Crippen LogP contribution in [0.15, 0.2) is 11.6 Å². The summed E-state index contributed by atoms with van der Waals surface area (Å²) in [6.07, 6.45) is 29.2. The van der Waals surface area contributed by atoms with Gasteiger partial charge in [-0.3, -0.25) is 0 Å². The van der Waals surface area contributed by atoms with Gasteiger partial charge in [0.1, 0.15) is 0 Å². The van der Waals surface area contributed by atoms with Crippen molar-refractivity contribution in [3.05, 3.63) is 11.6 Å². The largest absolute Gasteiger partial charge is 0.393 e. The highest BCUT2D eigenvalue weighted by Gasteiger charge is 2.29. The van der Waals surface area contributed by atoms with Gasteiger partial charge in [0.05, 0.1) is 6.10 Å². The van der Waals surface area contributed by atoms with Crippen LogP contribution in [0.3, 0.4) is 0 Å². The molecule has 162 valence electrons. The molecule has 0 aromatic rings. The van der Waals surface area contributed by atoms with Crippen molar-refractivity contribution >= 4 is 0 Å². The van der Waals surface area contributed by atoms with Crippen molar-refractivity contribution in [2.24, 2.45) is 23.7 Å². The molecule has 0 aromatic heterocycles. The fourth-order valence-corrected chi connectivity index (χ4v) is 6.33. The lowest BCUT2D eigenvalue weighted by Crippen LogP contribution is -2.24. The lowest BCUT2D eigenvalue weighted by atomic mass is 9.71. The van der Waals surface area contributed by atoms with Crippen LogP contribution < -0.4 is 0 Å². The maximum atomic E-state index is 9.82. The SMILES string of the molecule is CC1CCCCC1.OC1CCC(C(=CC2CCCCC2)C2CCCCC2)CC1. The third-order valence-electron chi connectivity index (χ3n) is 8.22. The van der Waals surface area contributed by atoms with E-state index in [1.807, 2.05) is 5.57 Å². The quantitative estimate of drug-likeness (QED) is 0.483. The van der Waals surface area contributed by atoms with Gasteiger partial charge in [0.15, 0.2) is 0 Å². The summed E-state index contributed by atoms with van der Waals surface area (Å²) in [6, 6.07) is 0. The van der Waals surface area contributed by atoms with Crippen LogP contribution in [-0.4, -0.2) is 11.2 Å². The molecular formula is C27H48O. The van der Waals surface area contributed by atoms with Gasteiger partial charge >= 0.3 is 0 Å². The van der Waals surface area contributed by atoms with E-state index >= 15 is 0 Å². The third-order valence-corrected chi connectivity index (χ3v) is 8.22. The minimum atomic E-state index is -0.0106. The van der Waals surface area contributed by atoms with Gasteiger partial charge in [-0.05, 0) is 75.0 Å². The van der Waals surface area contributed by atoms with Gasteiger partial charge in [-0.15, -0.1) is 0 Å². The zero-order valence-electron chi connectivity index (χ0n) is 18.8. The summed E-state index contributed by atoms with van der Waals surface area (Å²) in [4.78, 5) is 0. The number of aliphatic hydroxyl groups excluding tert-OH is 1. The fourth-order valence-electron chi connectivity index (χ4n) is 6.33. The minimum Gasteiger partial charge on any atom is -0.393 e. The fraction of sp³-hybridized carbons (Fsp3) is 0.926. The summed E-state index contributed by atoms with van der Waals surface area (Å²) in [5.41, 5.74) is 1.84. The molecule has 0 aromatic carbocycles. The Labute approximate surface area is 175 Å². The molecule has 28 heavy (non-hydrogen) atoms. The number of hydrogen-bond acceptors (Lipinski definition) is 1. The van der Waals surface area contributed by atoms with Crippen molar-refractivity contribution in [2.45, 2.75) is 135 Å². The van der Waals surface area contributed by atoms with E-state index in [4.69, 9.17) is 0 Å². The van der Waals surface area contributed by atoms with Crippen LogP contribution in [-0.2, 0) is 0 Å². The number of allylic oxidation sites excluding steroid dienone is 2. The summed E-state index contributed by atoms with van der Waals surface area (Å²) >= 11 is 0. The highest BCUT2D eigenvalue weighted by Crippen LogP contribution is 2.41. The molecule has 0 heterocycles. The Morgan fingerprint density at radius 1 is 0.571 bits per heavy atom. The molecule has 0 atom stereocenters. The van der Waals surface area contributed by atoms with Gasteiger partial charge in [0.25, 0.3) is 0 Å². The summed E-state index contributed by atoms with van der Waals surface area (Å²) in [5.74, 6) is 3.61. The molecule has 4 aliphatic rings. The third kappa shape index (κ3) is 7.51. The van der Waals surface area contributed by atoms with Gasteiger partial charge in [-0.25, -0.2) is 0 Å². The second kappa shape index (κ2) is 12.4. The van der Waals surface area contributed by atoms with E-state index in [-0.39, 0.29) is 6.10 Å². The van der Waals surface area contributed by atoms with Gasteiger partial charge < -0.3 is 5.11 Å². The Balaban J connectivity index is 0.000000271. The van der Waals surface area contributed by atoms with Crippen LogP contribution in [0.1, 0.15) is 129 Å². The molecule has 4 saturated carbocycles. The molecular weight excluding hydrogens is 340 g/mol. The highest BCUT2D eigenvalue weighted by atomic mass is 16.3. The molecule has 0 bridgehead atoms. The van der Waals surface area contributed by atoms with E-state index in [0.29, 0.717) is 0 Å². The monoisotopic (exact) mass is 388 g/mol. The van der Waals surface area contributed by atoms with Crippen molar-refractivity contribution in [1.29, 1.82) is 0 Å². The van der Waals surface area contributed by atoms with Crippen LogP contribution in [0.5, 0.6) is 0 Å². The molecule has 0 aliphatic heterocycles. The smallest absolute Gasteiger partial charge is 0.0540 e. The zero-order chi connectivity index (χ0) is 19.6. The van der Waals surface area contributed by atoms with E-state index in [0.717, 1.165) is 36.5 Å². The topological polar surface area (TPSA) is 20.2 Å². The first-order valence-electron chi connectivity index (χ1n) is 13.1. The molecule has 0 radical (unpaired) electrons. The zero-order valence-corrected chi connectivity index (χ0v) is 18.8. The highest BCUT2D eigenvalue weighted by molar-refractivity contribution is 5.15. The van der Waals surface area contributed by atoms with Gasteiger partial charge in [-0.2, -0.15) is 0 Å². The van der Waals surface area contributed by atoms with Crippen LogP contribution in [0.2, 0.25) is 0 Å². The van der Waals surface area contributed by atoms with Crippen LogP contribution in [0, 0.1) is 23.7 Å². The molecule has 1 heteroatoms. The molecule has 0 saturated heterocycles. The van der Waals surface area contributed by atoms with Crippen molar-refractivity contribution in [1.82, 2.24) is 0 Å². The van der Waals surface area contributed by atoms with E-state index < -0.39 is 0 Å². The molecule has 0 amide bonds. The number of hydrogen-bond donors (Lipinski definition) is 1. The Morgan fingerprint density at radius 3 is 1.54 bits per heavy atom. The summed E-state index contributed by atoms with van der Waals surface area (Å²) in [5, 5.41) is 9.82. The Morgan fingerprint density at radius 2 is 1.04 bits per heavy atom. The second-order valence-electron chi connectivity index (χ2n) is 10.6. The molecule has 1 N–H and O–H groups in total. The average molecular weight is 389 g/mol. The Kier molecular flexibility index (Phi) is 9.92. The normalized spacial score (nSPS) is 31.9. The van der Waals surface area contributed by atoms with Crippen molar-refractivity contribution in [2.75, 3.05) is 0 Å². The predicted octanol–water partition coefficient (Wildman–Crippen LogP) is 8.21. The van der Waals surface area contributed by atoms with Crippen LogP contribution >= 0.6 is 0 Å². The predicted molar refractivity (Wildman–Crippen MR) is 121 cm³/mol. The van der Waals surface area contributed by atoms with Gasteiger partial charge in [-0.1, -0.05) is 89.2 Å². The van der Waals surface area contributed by atoms with Gasteiger partial charge in [0, 0.05) is 0 Å². The molecule has 4 fully saturated rings. The first kappa shape index (κ1) is 22.4. The van der Waals surface area contributed by atoms with Crippen LogP contribution in [0.25, 0.3) is 0 Å². The number of rotatable bonds is 3. The summed E-state index contributed by atoms with van der Waals surface area (Å²) < 4.78 is 0. The number of aliphatic hydroxyl groups is 1. The molecule has 1 nitrogen and oxygen atoms in total. The molecule has 0 spiro atoms. The molecule has 0 unspecified atom stereocenters. The standard InChI is InChI=1S/C20H34O.C7H14/c21-19-13-11-18(12-14-19)20(17-9-5-2-6-10-17)15-16-7-3-1-4-8-16;1-7-5-3-2-4-6-7/h15-19,21H,1-14H2;7H,2-6H2,1H3. The van der Waals surface area contributed by atoms with E-state index in [1.54, 1.807) is 0 Å². The first-order valence-corrected chi connectivity index (χ1v) is 13.1. The maximum absolute atomic E-state index is 9.82. The van der Waals surface area contributed by atoms with Crippen molar-refractivity contribution in [3.8, 4) is 0 Å². The van der Waals surface area contributed by atoms with Crippen molar-refractivity contribution in [3.63, 3.8) is 0 Å². The molecule has 4 rings (SSSR count). The Hall–Kier alpha value is -0.300. The molecule has 4 aliphatic carbocycles. The first-order chi connectivity index (χ1) is 13.7. The maximum Gasteiger partial charge on any atom is 0.0540 e.